The minimum atomic E-state index is -4.27. The Morgan fingerprint density at radius 1 is 1.42 bits per heavy atom. The molecule has 0 spiro atoms. The fourth-order valence-electron chi connectivity index (χ4n) is 0.632. The van der Waals surface area contributed by atoms with Gasteiger partial charge in [-0.15, -0.1) is 0 Å². The highest BCUT2D eigenvalue weighted by Gasteiger charge is 2.27. The molecule has 0 N–H and O–H groups in total. The summed E-state index contributed by atoms with van der Waals surface area (Å²) in [5.74, 6) is 0. The van der Waals surface area contributed by atoms with E-state index in [0.29, 0.717) is 0 Å². The summed E-state index contributed by atoms with van der Waals surface area (Å²) in [7, 11) is 0. The Kier molecular flexibility index (Phi) is 2.69. The Morgan fingerprint density at radius 3 is 2.67 bits per heavy atom. The molecule has 0 aliphatic heterocycles. The zero-order valence-electron chi connectivity index (χ0n) is 6.08. The zero-order chi connectivity index (χ0) is 9.03. The van der Waals surface area contributed by atoms with E-state index in [2.05, 4.69) is 9.84 Å². The van der Waals surface area contributed by atoms with Gasteiger partial charge >= 0.3 is 6.18 Å². The molecule has 68 valence electrons. The smallest absolute Gasteiger partial charge is 0.350 e. The number of hydrogen-bond acceptors (Lipinski definition) is 2. The molecule has 0 saturated heterocycles. The SMILES string of the molecule is FC(F)(F)COCn1cccn1. The lowest BCUT2D eigenvalue weighted by Gasteiger charge is -2.06. The normalized spacial score (nSPS) is 11.9. The molecule has 0 saturated carbocycles. The summed E-state index contributed by atoms with van der Waals surface area (Å²) in [6.07, 6.45) is -1.28. The predicted molar refractivity (Wildman–Crippen MR) is 34.2 cm³/mol. The quantitative estimate of drug-likeness (QED) is 0.703. The first-order valence-corrected chi connectivity index (χ1v) is 3.20. The number of aromatic nitrogens is 2. The van der Waals surface area contributed by atoms with Crippen molar-refractivity contribution in [3.05, 3.63) is 18.5 Å². The molecule has 1 heterocycles. The zero-order valence-corrected chi connectivity index (χ0v) is 6.08. The van der Waals surface area contributed by atoms with Crippen LogP contribution in [0, 0.1) is 0 Å². The molecule has 0 radical (unpaired) electrons. The van der Waals surface area contributed by atoms with Crippen molar-refractivity contribution in [3.8, 4) is 0 Å². The van der Waals surface area contributed by atoms with Crippen molar-refractivity contribution in [1.29, 1.82) is 0 Å². The van der Waals surface area contributed by atoms with Gasteiger partial charge in [0.1, 0.15) is 13.3 Å². The van der Waals surface area contributed by atoms with Crippen molar-refractivity contribution in [2.45, 2.75) is 12.9 Å². The van der Waals surface area contributed by atoms with Gasteiger partial charge in [0.25, 0.3) is 0 Å². The highest BCUT2D eigenvalue weighted by molar-refractivity contribution is 4.76. The van der Waals surface area contributed by atoms with Crippen LogP contribution in [0.3, 0.4) is 0 Å². The van der Waals surface area contributed by atoms with Gasteiger partial charge in [-0.05, 0) is 6.07 Å². The van der Waals surface area contributed by atoms with Crippen LogP contribution in [0.4, 0.5) is 13.2 Å². The summed E-state index contributed by atoms with van der Waals surface area (Å²) in [5, 5.41) is 3.66. The van der Waals surface area contributed by atoms with E-state index in [4.69, 9.17) is 0 Å². The van der Waals surface area contributed by atoms with E-state index in [9.17, 15) is 13.2 Å². The third kappa shape index (κ3) is 3.38. The lowest BCUT2D eigenvalue weighted by molar-refractivity contribution is -0.182. The van der Waals surface area contributed by atoms with E-state index < -0.39 is 12.8 Å². The molecular formula is C6H7F3N2O. The average molecular weight is 180 g/mol. The fraction of sp³-hybridized carbons (Fsp3) is 0.500. The summed E-state index contributed by atoms with van der Waals surface area (Å²) in [6.45, 7) is -1.42. The van der Waals surface area contributed by atoms with Crippen LogP contribution in [-0.4, -0.2) is 22.6 Å². The summed E-state index contributed by atoms with van der Waals surface area (Å²) in [4.78, 5) is 0. The number of ether oxygens (including phenoxy) is 1. The number of alkyl halides is 3. The van der Waals surface area contributed by atoms with Crippen LogP contribution >= 0.6 is 0 Å². The second-order valence-corrected chi connectivity index (χ2v) is 2.14. The van der Waals surface area contributed by atoms with Gasteiger partial charge in [0.15, 0.2) is 0 Å². The van der Waals surface area contributed by atoms with E-state index in [1.165, 1.54) is 17.1 Å². The first kappa shape index (κ1) is 9.05. The maximum Gasteiger partial charge on any atom is 0.411 e. The Hall–Kier alpha value is -1.04. The molecule has 0 bridgehead atoms. The van der Waals surface area contributed by atoms with Crippen LogP contribution in [0.5, 0.6) is 0 Å². The Bertz CT molecular complexity index is 219. The number of rotatable bonds is 3. The second-order valence-electron chi connectivity index (χ2n) is 2.14. The van der Waals surface area contributed by atoms with Crippen molar-refractivity contribution in [2.75, 3.05) is 6.61 Å². The largest absolute Gasteiger partial charge is 0.411 e. The third-order valence-corrected chi connectivity index (χ3v) is 1.05. The number of halogens is 3. The molecule has 1 aromatic heterocycles. The monoisotopic (exact) mass is 180 g/mol. The molecule has 3 nitrogen and oxygen atoms in total. The van der Waals surface area contributed by atoms with E-state index in [-0.39, 0.29) is 6.73 Å². The average Bonchev–Trinajstić information content (AvgIpc) is 2.36. The molecule has 0 aromatic carbocycles. The van der Waals surface area contributed by atoms with Crippen molar-refractivity contribution >= 4 is 0 Å². The van der Waals surface area contributed by atoms with Crippen LogP contribution in [0.15, 0.2) is 18.5 Å². The Labute approximate surface area is 66.7 Å². The molecule has 0 fully saturated rings. The van der Waals surface area contributed by atoms with E-state index >= 15 is 0 Å². The molecule has 0 atom stereocenters. The van der Waals surface area contributed by atoms with Gasteiger partial charge in [0.2, 0.25) is 0 Å². The molecule has 0 unspecified atom stereocenters. The van der Waals surface area contributed by atoms with Gasteiger partial charge in [0.05, 0.1) is 0 Å². The summed E-state index contributed by atoms with van der Waals surface area (Å²) >= 11 is 0. The molecule has 0 aliphatic carbocycles. The number of nitrogens with zero attached hydrogens (tertiary/aromatic N) is 2. The molecule has 0 aliphatic rings. The lowest BCUT2D eigenvalue weighted by Crippen LogP contribution is -2.18. The predicted octanol–water partition coefficient (Wildman–Crippen LogP) is 1.42. The third-order valence-electron chi connectivity index (χ3n) is 1.05. The molecule has 1 rings (SSSR count). The number of hydrogen-bond donors (Lipinski definition) is 0. The van der Waals surface area contributed by atoms with Gasteiger partial charge in [-0.2, -0.15) is 18.3 Å². The van der Waals surface area contributed by atoms with Crippen LogP contribution in [0.1, 0.15) is 0 Å². The highest BCUT2D eigenvalue weighted by atomic mass is 19.4. The lowest BCUT2D eigenvalue weighted by atomic mass is 10.7. The summed E-state index contributed by atoms with van der Waals surface area (Å²) in [5.41, 5.74) is 0. The second kappa shape index (κ2) is 3.57. The van der Waals surface area contributed by atoms with E-state index in [1.807, 2.05) is 0 Å². The Morgan fingerprint density at radius 2 is 2.17 bits per heavy atom. The van der Waals surface area contributed by atoms with Gasteiger partial charge in [0, 0.05) is 12.4 Å². The maximum absolute atomic E-state index is 11.5. The van der Waals surface area contributed by atoms with Gasteiger partial charge < -0.3 is 4.74 Å². The summed E-state index contributed by atoms with van der Waals surface area (Å²) in [6, 6.07) is 1.61. The molecule has 6 heteroatoms. The molecule has 12 heavy (non-hydrogen) atoms. The molecule has 1 aromatic rings. The van der Waals surface area contributed by atoms with Gasteiger partial charge in [-0.25, -0.2) is 4.68 Å². The van der Waals surface area contributed by atoms with Crippen molar-refractivity contribution in [1.82, 2.24) is 9.78 Å². The van der Waals surface area contributed by atoms with Crippen LogP contribution in [-0.2, 0) is 11.5 Å². The van der Waals surface area contributed by atoms with Crippen LogP contribution in [0.2, 0.25) is 0 Å². The highest BCUT2D eigenvalue weighted by Crippen LogP contribution is 2.14. The molecular weight excluding hydrogens is 173 g/mol. The molecule has 0 amide bonds. The van der Waals surface area contributed by atoms with Crippen LogP contribution in [0.25, 0.3) is 0 Å². The Balaban J connectivity index is 2.20. The summed E-state index contributed by atoms with van der Waals surface area (Å²) < 4.78 is 40.2. The van der Waals surface area contributed by atoms with Gasteiger partial charge in [-0.3, -0.25) is 0 Å². The first-order chi connectivity index (χ1) is 5.58. The van der Waals surface area contributed by atoms with Gasteiger partial charge in [-0.1, -0.05) is 0 Å². The fourth-order valence-corrected chi connectivity index (χ4v) is 0.632. The topological polar surface area (TPSA) is 27.1 Å². The van der Waals surface area contributed by atoms with Crippen LogP contribution < -0.4 is 0 Å². The van der Waals surface area contributed by atoms with Crippen molar-refractivity contribution in [3.63, 3.8) is 0 Å². The van der Waals surface area contributed by atoms with Crippen molar-refractivity contribution < 1.29 is 17.9 Å². The standard InChI is InChI=1S/C6H7F3N2O/c7-6(8,9)4-12-5-11-3-1-2-10-11/h1-3H,4-5H2. The maximum atomic E-state index is 11.5. The first-order valence-electron chi connectivity index (χ1n) is 3.20. The van der Waals surface area contributed by atoms with E-state index in [1.54, 1.807) is 6.07 Å². The minimum absolute atomic E-state index is 0.174. The van der Waals surface area contributed by atoms with E-state index in [0.717, 1.165) is 0 Å². The minimum Gasteiger partial charge on any atom is -0.350 e. The van der Waals surface area contributed by atoms with Crippen molar-refractivity contribution in [2.24, 2.45) is 0 Å².